The number of hydrogen-bond acceptors (Lipinski definition) is 4. The molecule has 1 aliphatic heterocycles. The highest BCUT2D eigenvalue weighted by atomic mass is 16.5. The molecule has 1 amide bonds. The Bertz CT molecular complexity index is 625. The molecule has 0 aliphatic carbocycles. The number of amides is 1. The number of nitrogens with zero attached hydrogens (tertiary/aromatic N) is 3. The summed E-state index contributed by atoms with van der Waals surface area (Å²) in [5.74, 6) is 2.48. The van der Waals surface area contributed by atoms with Gasteiger partial charge in [-0.05, 0) is 31.5 Å². The fraction of sp³-hybridized carbons (Fsp3) is 0.579. The monoisotopic (exact) mass is 362 g/mol. The SMILES string of the molecule is CCNC(=NCc1ccc(OCC)c(OC)c1)N1CCN(C(C)=O)CC1. The molecule has 0 radical (unpaired) electrons. The zero-order valence-electron chi connectivity index (χ0n) is 16.2. The summed E-state index contributed by atoms with van der Waals surface area (Å²) in [5.41, 5.74) is 1.06. The quantitative estimate of drug-likeness (QED) is 0.617. The number of piperazine rings is 1. The number of rotatable bonds is 6. The first-order valence-electron chi connectivity index (χ1n) is 9.17. The Hall–Kier alpha value is -2.44. The van der Waals surface area contributed by atoms with Gasteiger partial charge in [-0.15, -0.1) is 0 Å². The second kappa shape index (κ2) is 9.89. The van der Waals surface area contributed by atoms with Crippen molar-refractivity contribution in [3.63, 3.8) is 0 Å². The molecule has 1 heterocycles. The van der Waals surface area contributed by atoms with Gasteiger partial charge in [0.1, 0.15) is 0 Å². The maximum absolute atomic E-state index is 11.5. The van der Waals surface area contributed by atoms with Gasteiger partial charge in [0, 0.05) is 39.6 Å². The van der Waals surface area contributed by atoms with E-state index in [0.717, 1.165) is 55.7 Å². The van der Waals surface area contributed by atoms with E-state index in [0.29, 0.717) is 13.2 Å². The lowest BCUT2D eigenvalue weighted by molar-refractivity contribution is -0.130. The third-order valence-electron chi connectivity index (χ3n) is 4.30. The van der Waals surface area contributed by atoms with Crippen molar-refractivity contribution in [3.05, 3.63) is 23.8 Å². The molecule has 144 valence electrons. The molecule has 7 heteroatoms. The molecule has 0 unspecified atom stereocenters. The standard InChI is InChI=1S/C19H30N4O3/c1-5-20-19(23-11-9-22(10-12-23)15(3)24)21-14-16-7-8-17(26-6-2)18(13-16)25-4/h7-8,13H,5-6,9-12,14H2,1-4H3,(H,20,21). The molecule has 0 aromatic heterocycles. The predicted molar refractivity (Wildman–Crippen MR) is 103 cm³/mol. The molecule has 1 saturated heterocycles. The summed E-state index contributed by atoms with van der Waals surface area (Å²) < 4.78 is 11.0. The topological polar surface area (TPSA) is 66.4 Å². The van der Waals surface area contributed by atoms with Gasteiger partial charge in [0.05, 0.1) is 20.3 Å². The first kappa shape index (κ1) is 19.9. The van der Waals surface area contributed by atoms with Gasteiger partial charge < -0.3 is 24.6 Å². The van der Waals surface area contributed by atoms with E-state index in [-0.39, 0.29) is 5.91 Å². The summed E-state index contributed by atoms with van der Waals surface area (Å²) in [4.78, 5) is 20.3. The molecule has 1 aromatic carbocycles. The average molecular weight is 362 g/mol. The molecular weight excluding hydrogens is 332 g/mol. The molecule has 1 aliphatic rings. The van der Waals surface area contributed by atoms with Gasteiger partial charge in [-0.2, -0.15) is 0 Å². The van der Waals surface area contributed by atoms with Crippen molar-refractivity contribution >= 4 is 11.9 Å². The number of benzene rings is 1. The molecule has 2 rings (SSSR count). The molecule has 1 aromatic rings. The summed E-state index contributed by atoms with van der Waals surface area (Å²) >= 11 is 0. The van der Waals surface area contributed by atoms with Crippen molar-refractivity contribution in [1.29, 1.82) is 0 Å². The van der Waals surface area contributed by atoms with Crippen LogP contribution in [0, 0.1) is 0 Å². The van der Waals surface area contributed by atoms with Crippen molar-refractivity contribution in [2.75, 3.05) is 46.4 Å². The van der Waals surface area contributed by atoms with Crippen LogP contribution >= 0.6 is 0 Å². The number of ether oxygens (including phenoxy) is 2. The minimum absolute atomic E-state index is 0.132. The number of hydrogen-bond donors (Lipinski definition) is 1. The number of carbonyl (C=O) groups excluding carboxylic acids is 1. The molecular formula is C19H30N4O3. The summed E-state index contributed by atoms with van der Waals surface area (Å²) in [5, 5.41) is 3.34. The van der Waals surface area contributed by atoms with Crippen molar-refractivity contribution in [3.8, 4) is 11.5 Å². The second-order valence-electron chi connectivity index (χ2n) is 6.08. The third kappa shape index (κ3) is 5.28. The Balaban J connectivity index is 2.06. The molecule has 1 N–H and O–H groups in total. The molecule has 0 bridgehead atoms. The van der Waals surface area contributed by atoms with E-state index in [1.54, 1.807) is 14.0 Å². The van der Waals surface area contributed by atoms with Crippen LogP contribution in [0.4, 0.5) is 0 Å². The van der Waals surface area contributed by atoms with Crippen LogP contribution in [0.15, 0.2) is 23.2 Å². The van der Waals surface area contributed by atoms with Crippen LogP contribution < -0.4 is 14.8 Å². The van der Waals surface area contributed by atoms with E-state index in [1.165, 1.54) is 0 Å². The first-order valence-corrected chi connectivity index (χ1v) is 9.17. The minimum Gasteiger partial charge on any atom is -0.493 e. The molecule has 1 fully saturated rings. The van der Waals surface area contributed by atoms with Gasteiger partial charge in [0.2, 0.25) is 5.91 Å². The van der Waals surface area contributed by atoms with Gasteiger partial charge in [-0.3, -0.25) is 4.79 Å². The minimum atomic E-state index is 0.132. The van der Waals surface area contributed by atoms with Crippen molar-refractivity contribution < 1.29 is 14.3 Å². The number of nitrogens with one attached hydrogen (secondary N) is 1. The van der Waals surface area contributed by atoms with Gasteiger partial charge in [-0.25, -0.2) is 4.99 Å². The Kier molecular flexibility index (Phi) is 7.56. The molecule has 0 atom stereocenters. The number of guanidine groups is 1. The van der Waals surface area contributed by atoms with Gasteiger partial charge in [0.25, 0.3) is 0 Å². The third-order valence-corrected chi connectivity index (χ3v) is 4.30. The second-order valence-corrected chi connectivity index (χ2v) is 6.08. The van der Waals surface area contributed by atoms with Crippen LogP contribution in [0.1, 0.15) is 26.3 Å². The largest absolute Gasteiger partial charge is 0.493 e. The summed E-state index contributed by atoms with van der Waals surface area (Å²) in [6, 6.07) is 5.89. The van der Waals surface area contributed by atoms with Gasteiger partial charge >= 0.3 is 0 Å². The van der Waals surface area contributed by atoms with E-state index in [1.807, 2.05) is 30.0 Å². The van der Waals surface area contributed by atoms with Crippen molar-refractivity contribution in [2.24, 2.45) is 4.99 Å². The highest BCUT2D eigenvalue weighted by molar-refractivity contribution is 5.80. The van der Waals surface area contributed by atoms with Crippen molar-refractivity contribution in [1.82, 2.24) is 15.1 Å². The van der Waals surface area contributed by atoms with Crippen molar-refractivity contribution in [2.45, 2.75) is 27.3 Å². The Morgan fingerprint density at radius 1 is 1.15 bits per heavy atom. The Morgan fingerprint density at radius 2 is 1.85 bits per heavy atom. The zero-order valence-corrected chi connectivity index (χ0v) is 16.2. The van der Waals surface area contributed by atoms with Gasteiger partial charge in [-0.1, -0.05) is 6.07 Å². The summed E-state index contributed by atoms with van der Waals surface area (Å²) in [6.45, 7) is 10.6. The van der Waals surface area contributed by atoms with Crippen LogP contribution in [0.25, 0.3) is 0 Å². The van der Waals surface area contributed by atoms with Gasteiger partial charge in [0.15, 0.2) is 17.5 Å². The maximum Gasteiger partial charge on any atom is 0.219 e. The van der Waals surface area contributed by atoms with E-state index in [2.05, 4.69) is 17.1 Å². The van der Waals surface area contributed by atoms with E-state index < -0.39 is 0 Å². The first-order chi connectivity index (χ1) is 12.6. The van der Waals surface area contributed by atoms with E-state index in [4.69, 9.17) is 14.5 Å². The van der Waals surface area contributed by atoms with E-state index >= 15 is 0 Å². The molecule has 0 spiro atoms. The summed E-state index contributed by atoms with van der Waals surface area (Å²) in [6.07, 6.45) is 0. The fourth-order valence-corrected chi connectivity index (χ4v) is 2.91. The lowest BCUT2D eigenvalue weighted by atomic mass is 10.2. The van der Waals surface area contributed by atoms with Crippen LogP contribution in [0.2, 0.25) is 0 Å². The highest BCUT2D eigenvalue weighted by Crippen LogP contribution is 2.28. The smallest absolute Gasteiger partial charge is 0.219 e. The number of aliphatic imine (C=N–C) groups is 1. The summed E-state index contributed by atoms with van der Waals surface area (Å²) in [7, 11) is 1.64. The molecule has 26 heavy (non-hydrogen) atoms. The lowest BCUT2D eigenvalue weighted by Gasteiger charge is -2.36. The zero-order chi connectivity index (χ0) is 18.9. The Morgan fingerprint density at radius 3 is 2.42 bits per heavy atom. The Labute approximate surface area is 156 Å². The molecule has 7 nitrogen and oxygen atoms in total. The predicted octanol–water partition coefficient (Wildman–Crippen LogP) is 1.72. The fourth-order valence-electron chi connectivity index (χ4n) is 2.91. The van der Waals surface area contributed by atoms with Crippen LogP contribution in [-0.2, 0) is 11.3 Å². The number of carbonyl (C=O) groups is 1. The van der Waals surface area contributed by atoms with Crippen LogP contribution in [0.5, 0.6) is 11.5 Å². The lowest BCUT2D eigenvalue weighted by Crippen LogP contribution is -2.53. The highest BCUT2D eigenvalue weighted by Gasteiger charge is 2.20. The average Bonchev–Trinajstić information content (AvgIpc) is 2.66. The van der Waals surface area contributed by atoms with Crippen LogP contribution in [0.3, 0.4) is 0 Å². The maximum atomic E-state index is 11.5. The molecule has 0 saturated carbocycles. The number of methoxy groups -OCH3 is 1. The van der Waals surface area contributed by atoms with E-state index in [9.17, 15) is 4.79 Å². The van der Waals surface area contributed by atoms with Crippen LogP contribution in [-0.4, -0.2) is 68.1 Å². The normalized spacial score (nSPS) is 15.0.